The second kappa shape index (κ2) is 6.92. The Balaban J connectivity index is 1.74. The van der Waals surface area contributed by atoms with Gasteiger partial charge < -0.3 is 19.6 Å². The van der Waals surface area contributed by atoms with Crippen LogP contribution in [0.4, 0.5) is 10.5 Å². The first-order chi connectivity index (χ1) is 11.6. The minimum atomic E-state index is -0.906. The number of piperazine rings is 1. The topological polar surface area (TPSA) is 70.1 Å². The van der Waals surface area contributed by atoms with Crippen LogP contribution in [0, 0.1) is 0 Å². The van der Waals surface area contributed by atoms with E-state index in [-0.39, 0.29) is 12.7 Å². The lowest BCUT2D eigenvalue weighted by atomic mass is 10.1. The van der Waals surface area contributed by atoms with Crippen LogP contribution in [0.5, 0.6) is 0 Å². The van der Waals surface area contributed by atoms with Crippen LogP contribution < -0.4 is 4.90 Å². The Morgan fingerprint density at radius 1 is 1.29 bits per heavy atom. The van der Waals surface area contributed by atoms with Gasteiger partial charge >= 0.3 is 12.1 Å². The van der Waals surface area contributed by atoms with Crippen molar-refractivity contribution in [3.8, 4) is 0 Å². The van der Waals surface area contributed by atoms with Crippen LogP contribution in [0.1, 0.15) is 9.67 Å². The third-order valence-corrected chi connectivity index (χ3v) is 5.04. The number of hydrogen-bond acceptors (Lipinski definition) is 5. The number of carbonyl (C=O) groups is 2. The summed E-state index contributed by atoms with van der Waals surface area (Å²) in [5.74, 6) is -0.906. The van der Waals surface area contributed by atoms with Gasteiger partial charge in [-0.1, -0.05) is 18.7 Å². The van der Waals surface area contributed by atoms with Gasteiger partial charge in [-0.2, -0.15) is 0 Å². The van der Waals surface area contributed by atoms with E-state index in [1.165, 1.54) is 11.3 Å². The molecule has 1 aromatic heterocycles. The lowest BCUT2D eigenvalue weighted by Gasteiger charge is -2.35. The molecule has 2 heterocycles. The maximum absolute atomic E-state index is 11.9. The average molecular weight is 346 g/mol. The van der Waals surface area contributed by atoms with Gasteiger partial charge in [0.1, 0.15) is 11.5 Å². The van der Waals surface area contributed by atoms with Crippen molar-refractivity contribution in [3.63, 3.8) is 0 Å². The Hall–Kier alpha value is -2.54. The third kappa shape index (κ3) is 3.21. The molecule has 3 rings (SSSR count). The van der Waals surface area contributed by atoms with Crippen molar-refractivity contribution in [2.45, 2.75) is 0 Å². The van der Waals surface area contributed by atoms with Crippen LogP contribution in [-0.4, -0.2) is 54.9 Å². The molecule has 7 heteroatoms. The highest BCUT2D eigenvalue weighted by Gasteiger charge is 2.23. The summed E-state index contributed by atoms with van der Waals surface area (Å²) in [5, 5.41) is 10.1. The molecular formula is C17H18N2O4S. The van der Waals surface area contributed by atoms with Gasteiger partial charge in [0, 0.05) is 42.0 Å². The number of carboxylic acids is 1. The van der Waals surface area contributed by atoms with Gasteiger partial charge in [0.05, 0.1) is 0 Å². The Labute approximate surface area is 143 Å². The van der Waals surface area contributed by atoms with Crippen LogP contribution in [0.3, 0.4) is 0 Å². The number of amides is 1. The summed E-state index contributed by atoms with van der Waals surface area (Å²) in [5.41, 5.74) is 1.01. The Morgan fingerprint density at radius 2 is 2.04 bits per heavy atom. The summed E-state index contributed by atoms with van der Waals surface area (Å²) >= 11 is 1.28. The van der Waals surface area contributed by atoms with E-state index >= 15 is 0 Å². The van der Waals surface area contributed by atoms with Gasteiger partial charge in [-0.3, -0.25) is 0 Å². The minimum Gasteiger partial charge on any atom is -0.477 e. The second-order valence-corrected chi connectivity index (χ2v) is 6.53. The number of carbonyl (C=O) groups excluding carboxylic acids is 1. The van der Waals surface area contributed by atoms with E-state index in [2.05, 4.69) is 11.5 Å². The minimum absolute atomic E-state index is 0.214. The Kier molecular flexibility index (Phi) is 4.71. The molecule has 1 aliphatic rings. The van der Waals surface area contributed by atoms with Crippen molar-refractivity contribution >= 4 is 39.2 Å². The van der Waals surface area contributed by atoms with Crippen molar-refractivity contribution in [3.05, 3.63) is 41.8 Å². The number of fused-ring (bicyclic) bond motifs is 1. The van der Waals surface area contributed by atoms with Crippen LogP contribution in [0.2, 0.25) is 0 Å². The van der Waals surface area contributed by atoms with E-state index in [0.717, 1.165) is 15.8 Å². The van der Waals surface area contributed by atoms with E-state index in [9.17, 15) is 14.7 Å². The number of hydrogen-bond donors (Lipinski definition) is 1. The Bertz CT molecular complexity index is 778. The van der Waals surface area contributed by atoms with Crippen molar-refractivity contribution in [1.29, 1.82) is 0 Å². The zero-order valence-corrected chi connectivity index (χ0v) is 13.9. The van der Waals surface area contributed by atoms with Crippen LogP contribution >= 0.6 is 11.3 Å². The molecular weight excluding hydrogens is 328 g/mol. The molecule has 0 aliphatic carbocycles. The number of ether oxygens (including phenoxy) is 1. The standard InChI is InChI=1S/C17H18N2O4S/c1-2-10-23-17(22)19-8-6-18(7-9-19)13-4-3-5-14-12(13)11-15(24-14)16(20)21/h2-5,11H,1,6-10H2,(H,20,21). The molecule has 0 radical (unpaired) electrons. The van der Waals surface area contributed by atoms with E-state index in [4.69, 9.17) is 4.74 Å². The fourth-order valence-electron chi connectivity index (χ4n) is 2.78. The molecule has 0 saturated carbocycles. The van der Waals surface area contributed by atoms with E-state index in [0.29, 0.717) is 31.1 Å². The SMILES string of the molecule is C=CCOC(=O)N1CCN(c2cccc3sc(C(=O)O)cc23)CC1. The van der Waals surface area contributed by atoms with Crippen molar-refractivity contribution in [2.75, 3.05) is 37.7 Å². The zero-order valence-electron chi connectivity index (χ0n) is 13.1. The highest BCUT2D eigenvalue weighted by atomic mass is 32.1. The number of thiophene rings is 1. The molecule has 0 spiro atoms. The summed E-state index contributed by atoms with van der Waals surface area (Å²) in [6, 6.07) is 7.58. The van der Waals surface area contributed by atoms with E-state index in [1.54, 1.807) is 17.0 Å². The largest absolute Gasteiger partial charge is 0.477 e. The summed E-state index contributed by atoms with van der Waals surface area (Å²) in [6.45, 7) is 6.25. The normalized spacial score (nSPS) is 14.7. The molecule has 0 atom stereocenters. The fourth-order valence-corrected chi connectivity index (χ4v) is 3.70. The maximum Gasteiger partial charge on any atom is 0.410 e. The number of anilines is 1. The smallest absolute Gasteiger partial charge is 0.410 e. The van der Waals surface area contributed by atoms with Gasteiger partial charge in [-0.25, -0.2) is 9.59 Å². The highest BCUT2D eigenvalue weighted by molar-refractivity contribution is 7.20. The first kappa shape index (κ1) is 16.3. The number of carboxylic acid groups (broad SMARTS) is 1. The van der Waals surface area contributed by atoms with Crippen LogP contribution in [-0.2, 0) is 4.74 Å². The zero-order chi connectivity index (χ0) is 17.1. The molecule has 1 amide bonds. The third-order valence-electron chi connectivity index (χ3n) is 3.95. The molecule has 1 aromatic carbocycles. The van der Waals surface area contributed by atoms with Crippen LogP contribution in [0.15, 0.2) is 36.9 Å². The molecule has 126 valence electrons. The highest BCUT2D eigenvalue weighted by Crippen LogP contribution is 2.33. The van der Waals surface area contributed by atoms with Crippen molar-refractivity contribution in [1.82, 2.24) is 4.90 Å². The predicted molar refractivity (Wildman–Crippen MR) is 94.1 cm³/mol. The fraction of sp³-hybridized carbons (Fsp3) is 0.294. The maximum atomic E-state index is 11.9. The molecule has 1 fully saturated rings. The molecule has 0 unspecified atom stereocenters. The van der Waals surface area contributed by atoms with Crippen LogP contribution in [0.25, 0.3) is 10.1 Å². The predicted octanol–water partition coefficient (Wildman–Crippen LogP) is 3.04. The first-order valence-electron chi connectivity index (χ1n) is 7.63. The van der Waals surface area contributed by atoms with Gasteiger partial charge in [0.25, 0.3) is 0 Å². The number of aromatic carboxylic acids is 1. The molecule has 24 heavy (non-hydrogen) atoms. The summed E-state index contributed by atoms with van der Waals surface area (Å²) in [6.07, 6.45) is 1.22. The van der Waals surface area contributed by atoms with Gasteiger partial charge in [0.2, 0.25) is 0 Å². The van der Waals surface area contributed by atoms with Gasteiger partial charge in [0.15, 0.2) is 0 Å². The van der Waals surface area contributed by atoms with Gasteiger partial charge in [-0.05, 0) is 18.2 Å². The number of nitrogens with zero attached hydrogens (tertiary/aromatic N) is 2. The Morgan fingerprint density at radius 3 is 2.71 bits per heavy atom. The number of rotatable bonds is 4. The molecule has 2 aromatic rings. The molecule has 1 N–H and O–H groups in total. The van der Waals surface area contributed by atoms with Crippen molar-refractivity contribution < 1.29 is 19.4 Å². The molecule has 0 bridgehead atoms. The van der Waals surface area contributed by atoms with Crippen molar-refractivity contribution in [2.24, 2.45) is 0 Å². The molecule has 6 nitrogen and oxygen atoms in total. The van der Waals surface area contributed by atoms with E-state index in [1.807, 2.05) is 18.2 Å². The summed E-state index contributed by atoms with van der Waals surface area (Å²) in [4.78, 5) is 27.3. The lowest BCUT2D eigenvalue weighted by molar-refractivity contribution is 0.0702. The number of benzene rings is 1. The second-order valence-electron chi connectivity index (χ2n) is 5.44. The van der Waals surface area contributed by atoms with Gasteiger partial charge in [-0.15, -0.1) is 11.3 Å². The first-order valence-corrected chi connectivity index (χ1v) is 8.45. The monoisotopic (exact) mass is 346 g/mol. The molecule has 1 saturated heterocycles. The average Bonchev–Trinajstić information content (AvgIpc) is 3.04. The quantitative estimate of drug-likeness (QED) is 0.862. The molecule has 1 aliphatic heterocycles. The summed E-state index contributed by atoms with van der Waals surface area (Å²) in [7, 11) is 0. The van der Waals surface area contributed by atoms with E-state index < -0.39 is 5.97 Å². The summed E-state index contributed by atoms with van der Waals surface area (Å²) < 4.78 is 6.01. The lowest BCUT2D eigenvalue weighted by Crippen LogP contribution is -2.49.